The fourth-order valence-corrected chi connectivity index (χ4v) is 3.09. The predicted octanol–water partition coefficient (Wildman–Crippen LogP) is 3.91. The number of hydrogen-bond donors (Lipinski definition) is 1. The lowest BCUT2D eigenvalue weighted by molar-refractivity contribution is -0.115. The summed E-state index contributed by atoms with van der Waals surface area (Å²) in [6, 6.07) is 23.8. The maximum Gasteiger partial charge on any atom is 0.274 e. The molecule has 1 N–H and O–H groups in total. The molecule has 0 radical (unpaired) electrons. The number of nitrogens with one attached hydrogen (secondary N) is 1. The fraction of sp³-hybridized carbons (Fsp3) is 0.0870. The topological polar surface area (TPSA) is 73.2 Å². The van der Waals surface area contributed by atoms with Gasteiger partial charge in [0.1, 0.15) is 11.5 Å². The van der Waals surface area contributed by atoms with Crippen LogP contribution in [0.2, 0.25) is 0 Å². The third-order valence-electron chi connectivity index (χ3n) is 4.48. The second kappa shape index (κ2) is 7.98. The van der Waals surface area contributed by atoms with Gasteiger partial charge in [0.25, 0.3) is 5.56 Å². The lowest BCUT2D eigenvalue weighted by Crippen LogP contribution is -2.24. The number of ether oxygens (including phenoxy) is 1. The van der Waals surface area contributed by atoms with Crippen molar-refractivity contribution in [1.29, 1.82) is 0 Å². The molecule has 29 heavy (non-hydrogen) atoms. The molecule has 0 fully saturated rings. The molecule has 4 rings (SSSR count). The summed E-state index contributed by atoms with van der Waals surface area (Å²) in [6.45, 7) is 0. The number of anilines is 1. The molecule has 0 spiro atoms. The molecule has 1 aromatic heterocycles. The Balaban J connectivity index is 1.47. The number of aromatic nitrogens is 2. The van der Waals surface area contributed by atoms with Crippen LogP contribution in [-0.2, 0) is 18.3 Å². The number of rotatable bonds is 5. The molecule has 4 aromatic rings. The van der Waals surface area contributed by atoms with Gasteiger partial charge in [0.05, 0.1) is 17.5 Å². The fourth-order valence-electron chi connectivity index (χ4n) is 3.09. The van der Waals surface area contributed by atoms with Gasteiger partial charge in [-0.1, -0.05) is 36.4 Å². The van der Waals surface area contributed by atoms with Gasteiger partial charge < -0.3 is 10.1 Å². The molecule has 0 aliphatic carbocycles. The van der Waals surface area contributed by atoms with Crippen molar-refractivity contribution in [1.82, 2.24) is 9.78 Å². The Morgan fingerprint density at radius 3 is 2.24 bits per heavy atom. The van der Waals surface area contributed by atoms with Gasteiger partial charge in [-0.3, -0.25) is 9.59 Å². The summed E-state index contributed by atoms with van der Waals surface area (Å²) in [5.41, 5.74) is 1.03. The van der Waals surface area contributed by atoms with E-state index in [0.29, 0.717) is 27.9 Å². The predicted molar refractivity (Wildman–Crippen MR) is 112 cm³/mol. The average molecular weight is 385 g/mol. The highest BCUT2D eigenvalue weighted by atomic mass is 16.5. The summed E-state index contributed by atoms with van der Waals surface area (Å²) >= 11 is 0. The number of benzene rings is 3. The maximum atomic E-state index is 12.5. The maximum absolute atomic E-state index is 12.5. The van der Waals surface area contributed by atoms with E-state index in [-0.39, 0.29) is 17.9 Å². The van der Waals surface area contributed by atoms with E-state index < -0.39 is 0 Å². The third-order valence-corrected chi connectivity index (χ3v) is 4.48. The molecule has 3 aromatic carbocycles. The molecule has 0 bridgehead atoms. The molecule has 1 amide bonds. The molecule has 0 aliphatic heterocycles. The van der Waals surface area contributed by atoms with Crippen LogP contribution in [0.5, 0.6) is 11.5 Å². The highest BCUT2D eigenvalue weighted by Crippen LogP contribution is 2.23. The summed E-state index contributed by atoms with van der Waals surface area (Å²) < 4.78 is 7.02. The Morgan fingerprint density at radius 2 is 1.52 bits per heavy atom. The number of nitrogens with zero attached hydrogens (tertiary/aromatic N) is 2. The lowest BCUT2D eigenvalue weighted by atomic mass is 10.1. The molecule has 0 aliphatic rings. The Labute approximate surface area is 167 Å². The number of aryl methyl sites for hydroxylation is 1. The number of carbonyl (C=O) groups excluding carboxylic acids is 1. The Kier molecular flexibility index (Phi) is 5.07. The van der Waals surface area contributed by atoms with Gasteiger partial charge in [-0.15, -0.1) is 0 Å². The van der Waals surface area contributed by atoms with E-state index >= 15 is 0 Å². The molecule has 0 atom stereocenters. The molecule has 6 heteroatoms. The van der Waals surface area contributed by atoms with E-state index in [4.69, 9.17) is 4.74 Å². The zero-order valence-electron chi connectivity index (χ0n) is 15.8. The van der Waals surface area contributed by atoms with Crippen LogP contribution < -0.4 is 15.6 Å². The van der Waals surface area contributed by atoms with Crippen molar-refractivity contribution in [2.75, 3.05) is 5.32 Å². The Hall–Kier alpha value is -3.93. The normalized spacial score (nSPS) is 10.7. The first-order chi connectivity index (χ1) is 14.1. The van der Waals surface area contributed by atoms with E-state index in [1.807, 2.05) is 42.5 Å². The summed E-state index contributed by atoms with van der Waals surface area (Å²) in [5.74, 6) is 1.22. The second-order valence-corrected chi connectivity index (χ2v) is 6.59. The minimum Gasteiger partial charge on any atom is -0.457 e. The van der Waals surface area contributed by atoms with Crippen LogP contribution >= 0.6 is 0 Å². The van der Waals surface area contributed by atoms with Crippen LogP contribution in [-0.4, -0.2) is 15.7 Å². The molecular formula is C23H19N3O3. The Morgan fingerprint density at radius 1 is 0.897 bits per heavy atom. The largest absolute Gasteiger partial charge is 0.457 e. The van der Waals surface area contributed by atoms with Gasteiger partial charge in [0.15, 0.2) is 0 Å². The van der Waals surface area contributed by atoms with Gasteiger partial charge in [-0.05, 0) is 42.5 Å². The zero-order valence-corrected chi connectivity index (χ0v) is 15.8. The zero-order chi connectivity index (χ0) is 20.2. The molecule has 0 saturated carbocycles. The van der Waals surface area contributed by atoms with Crippen molar-refractivity contribution in [3.63, 3.8) is 0 Å². The Bertz CT molecular complexity index is 1220. The number of amides is 1. The lowest BCUT2D eigenvalue weighted by Gasteiger charge is -2.10. The molecule has 0 unspecified atom stereocenters. The number of fused-ring (bicyclic) bond motifs is 1. The monoisotopic (exact) mass is 385 g/mol. The van der Waals surface area contributed by atoms with Gasteiger partial charge in [0, 0.05) is 18.1 Å². The summed E-state index contributed by atoms with van der Waals surface area (Å²) in [4.78, 5) is 24.7. The van der Waals surface area contributed by atoms with Crippen molar-refractivity contribution < 1.29 is 9.53 Å². The SMILES string of the molecule is Cn1nc(CC(=O)Nc2ccc(Oc3ccccc3)cc2)c2ccccc2c1=O. The minimum absolute atomic E-state index is 0.0664. The first-order valence-corrected chi connectivity index (χ1v) is 9.18. The first kappa shape index (κ1) is 18.4. The molecule has 1 heterocycles. The molecule has 6 nitrogen and oxygen atoms in total. The first-order valence-electron chi connectivity index (χ1n) is 9.18. The average Bonchev–Trinajstić information content (AvgIpc) is 2.74. The van der Waals surface area contributed by atoms with E-state index in [2.05, 4.69) is 10.4 Å². The van der Waals surface area contributed by atoms with Crippen molar-refractivity contribution in [3.8, 4) is 11.5 Å². The van der Waals surface area contributed by atoms with Crippen LogP contribution in [0.15, 0.2) is 83.7 Å². The number of para-hydroxylation sites is 1. The third kappa shape index (κ3) is 4.16. The highest BCUT2D eigenvalue weighted by molar-refractivity contribution is 5.95. The van der Waals surface area contributed by atoms with Crippen LogP contribution in [0.25, 0.3) is 10.8 Å². The second-order valence-electron chi connectivity index (χ2n) is 6.59. The number of carbonyl (C=O) groups is 1. The minimum atomic E-state index is -0.210. The van der Waals surface area contributed by atoms with Crippen molar-refractivity contribution >= 4 is 22.4 Å². The highest BCUT2D eigenvalue weighted by Gasteiger charge is 2.12. The summed E-state index contributed by atoms with van der Waals surface area (Å²) in [7, 11) is 1.58. The smallest absolute Gasteiger partial charge is 0.274 e. The van der Waals surface area contributed by atoms with E-state index in [1.165, 1.54) is 4.68 Å². The van der Waals surface area contributed by atoms with Crippen molar-refractivity contribution in [3.05, 3.63) is 94.9 Å². The van der Waals surface area contributed by atoms with Crippen LogP contribution in [0, 0.1) is 0 Å². The van der Waals surface area contributed by atoms with E-state index in [1.54, 1.807) is 43.4 Å². The quantitative estimate of drug-likeness (QED) is 0.565. The molecule has 0 saturated heterocycles. The standard InChI is InChI=1S/C23H19N3O3/c1-26-23(28)20-10-6-5-9-19(20)21(25-26)15-22(27)24-16-11-13-18(14-12-16)29-17-7-3-2-4-8-17/h2-14H,15H2,1H3,(H,24,27). The van der Waals surface area contributed by atoms with E-state index in [0.717, 1.165) is 5.75 Å². The van der Waals surface area contributed by atoms with Crippen LogP contribution in [0.3, 0.4) is 0 Å². The number of hydrogen-bond acceptors (Lipinski definition) is 4. The van der Waals surface area contributed by atoms with Crippen molar-refractivity contribution in [2.24, 2.45) is 7.05 Å². The summed E-state index contributed by atoms with van der Waals surface area (Å²) in [6.07, 6.45) is 0.0664. The van der Waals surface area contributed by atoms with Gasteiger partial charge in [-0.25, -0.2) is 4.68 Å². The van der Waals surface area contributed by atoms with E-state index in [9.17, 15) is 9.59 Å². The van der Waals surface area contributed by atoms with Crippen LogP contribution in [0.1, 0.15) is 5.69 Å². The van der Waals surface area contributed by atoms with Crippen molar-refractivity contribution in [2.45, 2.75) is 6.42 Å². The van der Waals surface area contributed by atoms with Gasteiger partial charge >= 0.3 is 0 Å². The molecular weight excluding hydrogens is 366 g/mol. The summed E-state index contributed by atoms with van der Waals surface area (Å²) in [5, 5.41) is 8.37. The van der Waals surface area contributed by atoms with Gasteiger partial charge in [0.2, 0.25) is 5.91 Å². The van der Waals surface area contributed by atoms with Gasteiger partial charge in [-0.2, -0.15) is 5.10 Å². The van der Waals surface area contributed by atoms with Crippen LogP contribution in [0.4, 0.5) is 5.69 Å². The molecule has 144 valence electrons.